The number of rotatable bonds is 2. The first-order valence-corrected chi connectivity index (χ1v) is 8.22. The van der Waals surface area contributed by atoms with Crippen LogP contribution in [0, 0.1) is 0 Å². The Morgan fingerprint density at radius 3 is 2.67 bits per heavy atom. The van der Waals surface area contributed by atoms with Crippen LogP contribution in [0.5, 0.6) is 0 Å². The molecular weight excluding hydrogens is 356 g/mol. The highest BCUT2D eigenvalue weighted by Crippen LogP contribution is 2.34. The van der Waals surface area contributed by atoms with Crippen LogP contribution in [-0.4, -0.2) is 28.8 Å². The molecule has 0 atom stereocenters. The lowest BCUT2D eigenvalue weighted by atomic mass is 9.93. The van der Waals surface area contributed by atoms with E-state index in [4.69, 9.17) is 11.6 Å². The first-order chi connectivity index (χ1) is 10.00. The molecule has 0 aromatic heterocycles. The van der Waals surface area contributed by atoms with E-state index in [1.165, 1.54) is 0 Å². The minimum atomic E-state index is -0.669. The second-order valence-corrected chi connectivity index (χ2v) is 7.06. The molecule has 2 amide bonds. The zero-order chi connectivity index (χ0) is 15.0. The third-order valence-corrected chi connectivity index (χ3v) is 5.09. The molecule has 1 heterocycles. The van der Waals surface area contributed by atoms with E-state index in [0.717, 1.165) is 35.7 Å². The number of halogens is 2. The summed E-state index contributed by atoms with van der Waals surface area (Å²) in [4.78, 5) is 26.3. The summed E-state index contributed by atoms with van der Waals surface area (Å²) in [7, 11) is 0. The molecule has 3 rings (SSSR count). The Balaban J connectivity index is 1.84. The molecule has 1 spiro atoms. The third kappa shape index (κ3) is 2.81. The maximum Gasteiger partial charge on any atom is 0.249 e. The minimum Gasteiger partial charge on any atom is -0.340 e. The van der Waals surface area contributed by atoms with Gasteiger partial charge in [0.1, 0.15) is 5.54 Å². The SMILES string of the molecule is O=C1CN(Cc2ccc(Br)cc2Cl)C(=O)C2(CCCC2)N1. The van der Waals surface area contributed by atoms with Crippen molar-refractivity contribution in [2.45, 2.75) is 37.8 Å². The average molecular weight is 372 g/mol. The van der Waals surface area contributed by atoms with Crippen molar-refractivity contribution >= 4 is 39.3 Å². The van der Waals surface area contributed by atoms with Crippen molar-refractivity contribution in [1.29, 1.82) is 0 Å². The largest absolute Gasteiger partial charge is 0.340 e. The van der Waals surface area contributed by atoms with Crippen molar-refractivity contribution in [3.05, 3.63) is 33.3 Å². The van der Waals surface area contributed by atoms with Crippen molar-refractivity contribution in [1.82, 2.24) is 10.2 Å². The van der Waals surface area contributed by atoms with Gasteiger partial charge in [-0.3, -0.25) is 9.59 Å². The van der Waals surface area contributed by atoms with Crippen molar-refractivity contribution < 1.29 is 9.59 Å². The van der Waals surface area contributed by atoms with Crippen molar-refractivity contribution in [3.8, 4) is 0 Å². The van der Waals surface area contributed by atoms with E-state index < -0.39 is 5.54 Å². The van der Waals surface area contributed by atoms with Gasteiger partial charge in [0.25, 0.3) is 0 Å². The van der Waals surface area contributed by atoms with Gasteiger partial charge in [-0.1, -0.05) is 46.4 Å². The fraction of sp³-hybridized carbons (Fsp3) is 0.467. The Morgan fingerprint density at radius 1 is 1.29 bits per heavy atom. The van der Waals surface area contributed by atoms with Crippen LogP contribution in [-0.2, 0) is 16.1 Å². The Bertz CT molecular complexity index is 599. The number of carbonyl (C=O) groups is 2. The highest BCUT2D eigenvalue weighted by Gasteiger charge is 2.48. The molecule has 0 unspecified atom stereocenters. The fourth-order valence-electron chi connectivity index (χ4n) is 3.21. The van der Waals surface area contributed by atoms with Crippen LogP contribution in [0.15, 0.2) is 22.7 Å². The standard InChI is InChI=1S/C15H16BrClN2O2/c16-11-4-3-10(12(17)7-11)8-19-9-13(20)18-15(14(19)21)5-1-2-6-15/h3-4,7H,1-2,5-6,8-9H2,(H,18,20). The van der Waals surface area contributed by atoms with Crippen LogP contribution in [0.25, 0.3) is 0 Å². The van der Waals surface area contributed by atoms with Gasteiger partial charge in [-0.25, -0.2) is 0 Å². The lowest BCUT2D eigenvalue weighted by molar-refractivity contribution is -0.150. The molecule has 112 valence electrons. The topological polar surface area (TPSA) is 49.4 Å². The van der Waals surface area contributed by atoms with Gasteiger partial charge in [-0.15, -0.1) is 0 Å². The molecule has 1 saturated heterocycles. The summed E-state index contributed by atoms with van der Waals surface area (Å²) >= 11 is 9.58. The van der Waals surface area contributed by atoms with E-state index in [1.54, 1.807) is 11.0 Å². The smallest absolute Gasteiger partial charge is 0.249 e. The van der Waals surface area contributed by atoms with Crippen LogP contribution in [0.3, 0.4) is 0 Å². The monoisotopic (exact) mass is 370 g/mol. The minimum absolute atomic E-state index is 0.0265. The van der Waals surface area contributed by atoms with Crippen LogP contribution in [0.2, 0.25) is 5.02 Å². The number of nitrogens with one attached hydrogen (secondary N) is 1. The fourth-order valence-corrected chi connectivity index (χ4v) is 3.94. The van der Waals surface area contributed by atoms with Gasteiger partial charge in [-0.05, 0) is 30.5 Å². The molecule has 1 aromatic rings. The Kier molecular flexibility index (Phi) is 3.97. The summed E-state index contributed by atoms with van der Waals surface area (Å²) in [6.07, 6.45) is 3.45. The van der Waals surface area contributed by atoms with Crippen LogP contribution >= 0.6 is 27.5 Å². The van der Waals surface area contributed by atoms with E-state index in [2.05, 4.69) is 21.2 Å². The summed E-state index contributed by atoms with van der Waals surface area (Å²) in [5.74, 6) is -0.0525. The normalized spacial score (nSPS) is 21.0. The Hall–Kier alpha value is -1.07. The lowest BCUT2D eigenvalue weighted by Crippen LogP contribution is -2.65. The van der Waals surface area contributed by atoms with Gasteiger partial charge < -0.3 is 10.2 Å². The van der Waals surface area contributed by atoms with Gasteiger partial charge in [0.15, 0.2) is 0 Å². The molecule has 1 aromatic carbocycles. The van der Waals surface area contributed by atoms with E-state index in [9.17, 15) is 9.59 Å². The second kappa shape index (κ2) is 5.61. The van der Waals surface area contributed by atoms with E-state index >= 15 is 0 Å². The van der Waals surface area contributed by atoms with E-state index in [1.807, 2.05) is 12.1 Å². The van der Waals surface area contributed by atoms with Gasteiger partial charge >= 0.3 is 0 Å². The van der Waals surface area contributed by atoms with Crippen molar-refractivity contribution in [2.24, 2.45) is 0 Å². The van der Waals surface area contributed by atoms with Crippen LogP contribution in [0.1, 0.15) is 31.2 Å². The summed E-state index contributed by atoms with van der Waals surface area (Å²) < 4.78 is 0.895. The molecule has 0 radical (unpaired) electrons. The molecule has 1 aliphatic heterocycles. The van der Waals surface area contributed by atoms with Gasteiger partial charge in [-0.2, -0.15) is 0 Å². The molecule has 0 bridgehead atoms. The quantitative estimate of drug-likeness (QED) is 0.869. The second-order valence-electron chi connectivity index (χ2n) is 5.73. The lowest BCUT2D eigenvalue weighted by Gasteiger charge is -2.39. The summed E-state index contributed by atoms with van der Waals surface area (Å²) in [5.41, 5.74) is 0.188. The first-order valence-electron chi connectivity index (χ1n) is 7.04. The van der Waals surface area contributed by atoms with E-state index in [0.29, 0.717) is 11.6 Å². The highest BCUT2D eigenvalue weighted by molar-refractivity contribution is 9.10. The molecule has 21 heavy (non-hydrogen) atoms. The van der Waals surface area contributed by atoms with Crippen LogP contribution in [0.4, 0.5) is 0 Å². The van der Waals surface area contributed by atoms with Crippen LogP contribution < -0.4 is 5.32 Å². The number of carbonyl (C=O) groups excluding carboxylic acids is 2. The molecule has 4 nitrogen and oxygen atoms in total. The molecule has 1 saturated carbocycles. The third-order valence-electron chi connectivity index (χ3n) is 4.24. The number of hydrogen-bond donors (Lipinski definition) is 1. The summed E-state index contributed by atoms with van der Waals surface area (Å²) in [6, 6.07) is 5.57. The maximum absolute atomic E-state index is 12.7. The first kappa shape index (κ1) is 14.9. The molecule has 1 N–H and O–H groups in total. The van der Waals surface area contributed by atoms with Crippen molar-refractivity contribution in [3.63, 3.8) is 0 Å². The zero-order valence-electron chi connectivity index (χ0n) is 11.5. The Morgan fingerprint density at radius 2 is 2.00 bits per heavy atom. The summed E-state index contributed by atoms with van der Waals surface area (Å²) in [6.45, 7) is 0.479. The number of piperazine rings is 1. The van der Waals surface area contributed by atoms with Crippen molar-refractivity contribution in [2.75, 3.05) is 6.54 Å². The number of benzene rings is 1. The summed E-state index contributed by atoms with van der Waals surface area (Å²) in [5, 5.41) is 3.51. The number of nitrogens with zero attached hydrogens (tertiary/aromatic N) is 1. The Labute approximate surface area is 137 Å². The van der Waals surface area contributed by atoms with Gasteiger partial charge in [0.2, 0.25) is 11.8 Å². The van der Waals surface area contributed by atoms with Gasteiger partial charge in [0.05, 0.1) is 6.54 Å². The zero-order valence-corrected chi connectivity index (χ0v) is 13.8. The molecule has 2 fully saturated rings. The number of amides is 2. The predicted molar refractivity (Wildman–Crippen MR) is 83.9 cm³/mol. The average Bonchev–Trinajstić information content (AvgIpc) is 2.88. The number of hydrogen-bond acceptors (Lipinski definition) is 2. The van der Waals surface area contributed by atoms with Gasteiger partial charge in [0, 0.05) is 16.0 Å². The maximum atomic E-state index is 12.7. The van der Waals surface area contributed by atoms with E-state index in [-0.39, 0.29) is 18.4 Å². The highest BCUT2D eigenvalue weighted by atomic mass is 79.9. The molecule has 2 aliphatic rings. The predicted octanol–water partition coefficient (Wildman–Crippen LogP) is 2.87. The molecule has 1 aliphatic carbocycles. The molecular formula is C15H16BrClN2O2. The molecule has 6 heteroatoms.